The van der Waals surface area contributed by atoms with Crippen LogP contribution < -0.4 is 10.2 Å². The summed E-state index contributed by atoms with van der Waals surface area (Å²) in [7, 11) is 0. The van der Waals surface area contributed by atoms with Gasteiger partial charge in [-0.25, -0.2) is 9.97 Å². The van der Waals surface area contributed by atoms with Crippen LogP contribution in [0.4, 0.5) is 11.5 Å². The average molecular weight is 435 g/mol. The van der Waals surface area contributed by atoms with Gasteiger partial charge in [0.25, 0.3) is 5.91 Å². The third kappa shape index (κ3) is 3.72. The second-order valence-corrected chi connectivity index (χ2v) is 8.32. The first-order valence-electron chi connectivity index (χ1n) is 10.6. The first kappa shape index (κ1) is 19.8. The maximum atomic E-state index is 13.2. The van der Waals surface area contributed by atoms with Gasteiger partial charge in [0.1, 0.15) is 11.1 Å². The molecular weight excluding hydrogens is 412 g/mol. The summed E-state index contributed by atoms with van der Waals surface area (Å²) in [6, 6.07) is 13.2. The number of carbonyl (C=O) groups is 1. The number of rotatable bonds is 3. The van der Waals surface area contributed by atoms with Crippen molar-refractivity contribution in [2.24, 2.45) is 0 Å². The lowest BCUT2D eigenvalue weighted by atomic mass is 10.2. The van der Waals surface area contributed by atoms with Gasteiger partial charge in [0.05, 0.1) is 0 Å². The number of aromatic nitrogens is 2. The zero-order valence-electron chi connectivity index (χ0n) is 17.3. The van der Waals surface area contributed by atoms with Crippen molar-refractivity contribution in [3.8, 4) is 0 Å². The number of nitrogens with zero attached hydrogens (tertiary/aromatic N) is 3. The van der Waals surface area contributed by atoms with Gasteiger partial charge in [0.15, 0.2) is 11.4 Å². The van der Waals surface area contributed by atoms with Gasteiger partial charge in [-0.1, -0.05) is 42.6 Å². The molecule has 6 nitrogen and oxygen atoms in total. The van der Waals surface area contributed by atoms with E-state index in [4.69, 9.17) is 16.0 Å². The van der Waals surface area contributed by atoms with Crippen molar-refractivity contribution in [1.82, 2.24) is 9.97 Å². The molecule has 0 atom stereocenters. The fourth-order valence-electron chi connectivity index (χ4n) is 4.10. The van der Waals surface area contributed by atoms with Gasteiger partial charge in [-0.2, -0.15) is 0 Å². The molecule has 0 saturated carbocycles. The number of anilines is 2. The Labute approximate surface area is 185 Å². The molecule has 2 aromatic heterocycles. The zero-order chi connectivity index (χ0) is 21.4. The number of halogens is 1. The number of amides is 1. The fraction of sp³-hybridized carbons (Fsp3) is 0.292. The largest absolute Gasteiger partial charge is 0.450 e. The van der Waals surface area contributed by atoms with Gasteiger partial charge in [0.2, 0.25) is 5.82 Å². The van der Waals surface area contributed by atoms with Crippen molar-refractivity contribution in [2.45, 2.75) is 32.6 Å². The minimum atomic E-state index is -0.367. The first-order chi connectivity index (χ1) is 15.1. The van der Waals surface area contributed by atoms with Crippen LogP contribution in [-0.4, -0.2) is 29.0 Å². The molecule has 158 valence electrons. The number of fused-ring (bicyclic) bond motifs is 3. The minimum absolute atomic E-state index is 0.123. The second-order valence-electron chi connectivity index (χ2n) is 7.91. The van der Waals surface area contributed by atoms with Gasteiger partial charge in [-0.3, -0.25) is 4.79 Å². The van der Waals surface area contributed by atoms with Crippen LogP contribution in [0.3, 0.4) is 0 Å². The minimum Gasteiger partial charge on any atom is -0.450 e. The SMILES string of the molecule is Cc1c(Cl)cccc1NC(=O)c1nc(N2CCCCCC2)c2oc3ccccc3c2n1. The fourth-order valence-corrected chi connectivity index (χ4v) is 4.27. The number of hydrogen-bond donors (Lipinski definition) is 1. The Hall–Kier alpha value is -3.12. The van der Waals surface area contributed by atoms with E-state index in [0.717, 1.165) is 42.5 Å². The number of para-hydroxylation sites is 1. The predicted octanol–water partition coefficient (Wildman–Crippen LogP) is 5.97. The summed E-state index contributed by atoms with van der Waals surface area (Å²) >= 11 is 6.21. The van der Waals surface area contributed by atoms with E-state index in [2.05, 4.69) is 20.2 Å². The van der Waals surface area contributed by atoms with Gasteiger partial charge >= 0.3 is 0 Å². The molecule has 5 rings (SSSR count). The first-order valence-corrected chi connectivity index (χ1v) is 11.0. The summed E-state index contributed by atoms with van der Waals surface area (Å²) in [6.07, 6.45) is 4.59. The van der Waals surface area contributed by atoms with Crippen LogP contribution >= 0.6 is 11.6 Å². The molecule has 0 aliphatic carbocycles. The molecule has 1 aliphatic rings. The lowest BCUT2D eigenvalue weighted by molar-refractivity contribution is 0.101. The summed E-state index contributed by atoms with van der Waals surface area (Å²) in [6.45, 7) is 3.64. The van der Waals surface area contributed by atoms with Crippen LogP contribution in [0.5, 0.6) is 0 Å². The summed E-state index contributed by atoms with van der Waals surface area (Å²) < 4.78 is 6.15. The summed E-state index contributed by atoms with van der Waals surface area (Å²) in [4.78, 5) is 24.7. The Bertz CT molecular complexity index is 1280. The molecule has 31 heavy (non-hydrogen) atoms. The van der Waals surface area contributed by atoms with Crippen molar-refractivity contribution in [3.63, 3.8) is 0 Å². The van der Waals surface area contributed by atoms with E-state index >= 15 is 0 Å². The molecule has 4 aromatic rings. The molecular formula is C24H23ClN4O2. The number of hydrogen-bond acceptors (Lipinski definition) is 5. The van der Waals surface area contributed by atoms with E-state index in [1.165, 1.54) is 12.8 Å². The normalized spacial score (nSPS) is 14.7. The highest BCUT2D eigenvalue weighted by atomic mass is 35.5. The van der Waals surface area contributed by atoms with Gasteiger partial charge in [-0.05, 0) is 49.6 Å². The highest BCUT2D eigenvalue weighted by molar-refractivity contribution is 6.31. The number of benzene rings is 2. The topological polar surface area (TPSA) is 71.3 Å². The highest BCUT2D eigenvalue weighted by Crippen LogP contribution is 2.34. The lowest BCUT2D eigenvalue weighted by Crippen LogP contribution is -2.27. The maximum Gasteiger partial charge on any atom is 0.293 e. The Balaban J connectivity index is 1.63. The van der Waals surface area contributed by atoms with Crippen LogP contribution in [0.25, 0.3) is 22.1 Å². The Morgan fingerprint density at radius 3 is 2.61 bits per heavy atom. The Morgan fingerprint density at radius 2 is 1.81 bits per heavy atom. The number of carbonyl (C=O) groups excluding carboxylic acids is 1. The van der Waals surface area contributed by atoms with E-state index < -0.39 is 0 Å². The van der Waals surface area contributed by atoms with Crippen molar-refractivity contribution >= 4 is 51.1 Å². The predicted molar refractivity (Wildman–Crippen MR) is 124 cm³/mol. The van der Waals surface area contributed by atoms with Crippen molar-refractivity contribution < 1.29 is 9.21 Å². The number of nitrogens with one attached hydrogen (secondary N) is 1. The molecule has 0 unspecified atom stereocenters. The lowest BCUT2D eigenvalue weighted by Gasteiger charge is -2.21. The molecule has 1 saturated heterocycles. The zero-order valence-corrected chi connectivity index (χ0v) is 18.1. The molecule has 3 heterocycles. The molecule has 0 radical (unpaired) electrons. The monoisotopic (exact) mass is 434 g/mol. The van der Waals surface area contributed by atoms with E-state index in [1.54, 1.807) is 12.1 Å². The van der Waals surface area contributed by atoms with Crippen LogP contribution in [0.15, 0.2) is 46.9 Å². The van der Waals surface area contributed by atoms with Crippen molar-refractivity contribution in [3.05, 3.63) is 58.9 Å². The highest BCUT2D eigenvalue weighted by Gasteiger charge is 2.23. The van der Waals surface area contributed by atoms with Crippen molar-refractivity contribution in [2.75, 3.05) is 23.3 Å². The molecule has 0 bridgehead atoms. The van der Waals surface area contributed by atoms with Crippen LogP contribution in [0, 0.1) is 6.92 Å². The van der Waals surface area contributed by atoms with Gasteiger partial charge in [0, 0.05) is 29.2 Å². The van der Waals surface area contributed by atoms with E-state index in [0.29, 0.717) is 27.6 Å². The quantitative estimate of drug-likeness (QED) is 0.430. The molecule has 0 spiro atoms. The Kier molecular flexibility index (Phi) is 5.24. The molecule has 1 amide bonds. The Morgan fingerprint density at radius 1 is 1.03 bits per heavy atom. The second kappa shape index (κ2) is 8.19. The van der Waals surface area contributed by atoms with Crippen molar-refractivity contribution in [1.29, 1.82) is 0 Å². The third-order valence-electron chi connectivity index (χ3n) is 5.83. The number of furan rings is 1. The molecule has 2 aromatic carbocycles. The van der Waals surface area contributed by atoms with Crippen LogP contribution in [-0.2, 0) is 0 Å². The molecule has 1 fully saturated rings. The van der Waals surface area contributed by atoms with E-state index in [-0.39, 0.29) is 11.7 Å². The van der Waals surface area contributed by atoms with E-state index in [9.17, 15) is 4.79 Å². The van der Waals surface area contributed by atoms with Gasteiger partial charge in [-0.15, -0.1) is 0 Å². The van der Waals surface area contributed by atoms with Crippen LogP contribution in [0.2, 0.25) is 5.02 Å². The summed E-state index contributed by atoms with van der Waals surface area (Å²) in [5.41, 5.74) is 3.50. The molecule has 7 heteroatoms. The van der Waals surface area contributed by atoms with E-state index in [1.807, 2.05) is 37.3 Å². The van der Waals surface area contributed by atoms with Gasteiger partial charge < -0.3 is 14.6 Å². The van der Waals surface area contributed by atoms with Crippen LogP contribution in [0.1, 0.15) is 41.9 Å². The summed E-state index contributed by atoms with van der Waals surface area (Å²) in [5, 5.41) is 4.39. The average Bonchev–Trinajstić information content (AvgIpc) is 2.94. The maximum absolute atomic E-state index is 13.2. The smallest absolute Gasteiger partial charge is 0.293 e. The molecule has 1 aliphatic heterocycles. The molecule has 1 N–H and O–H groups in total. The third-order valence-corrected chi connectivity index (χ3v) is 6.24. The standard InChI is InChI=1S/C24H23ClN4O2/c1-15-17(25)10-8-11-18(15)26-24(30)22-27-20-16-9-4-5-12-19(16)31-21(20)23(28-22)29-13-6-2-3-7-14-29/h4-5,8-12H,2-3,6-7,13-14H2,1H3,(H,26,30). The summed E-state index contributed by atoms with van der Waals surface area (Å²) in [5.74, 6) is 0.447.